The Kier molecular flexibility index (Phi) is 2.72. The third kappa shape index (κ3) is 1.95. The van der Waals surface area contributed by atoms with E-state index in [2.05, 4.69) is 20.9 Å². The highest BCUT2D eigenvalue weighted by molar-refractivity contribution is 9.10. The van der Waals surface area contributed by atoms with Crippen LogP contribution >= 0.6 is 27.3 Å². The molecule has 0 aliphatic rings. The van der Waals surface area contributed by atoms with E-state index >= 15 is 0 Å². The van der Waals surface area contributed by atoms with Crippen molar-refractivity contribution in [3.8, 4) is 22.1 Å². The van der Waals surface area contributed by atoms with Crippen LogP contribution in [0.4, 0.5) is 0 Å². The monoisotopic (exact) mass is 321 g/mol. The van der Waals surface area contributed by atoms with Gasteiger partial charge in [-0.25, -0.2) is 4.98 Å². The van der Waals surface area contributed by atoms with Crippen LogP contribution in [-0.4, -0.2) is 15.2 Å². The zero-order valence-corrected chi connectivity index (χ0v) is 11.5. The topological polar surface area (TPSA) is 53.4 Å². The minimum absolute atomic E-state index is 0.114. The van der Waals surface area contributed by atoms with Crippen LogP contribution in [0.15, 0.2) is 40.9 Å². The number of nitrogens with zero attached hydrogens (tertiary/aromatic N) is 1. The van der Waals surface area contributed by atoms with Gasteiger partial charge in [-0.3, -0.25) is 0 Å². The van der Waals surface area contributed by atoms with E-state index in [1.165, 1.54) is 29.5 Å². The molecule has 0 aliphatic carbocycles. The molecule has 3 nitrogen and oxygen atoms in total. The Bertz CT molecular complexity index is 739. The Morgan fingerprint density at radius 3 is 2.72 bits per heavy atom. The number of thiazole rings is 1. The number of hydrogen-bond acceptors (Lipinski definition) is 4. The van der Waals surface area contributed by atoms with E-state index in [1.54, 1.807) is 0 Å². The van der Waals surface area contributed by atoms with Crippen molar-refractivity contribution in [3.63, 3.8) is 0 Å². The minimum Gasteiger partial charge on any atom is -0.508 e. The number of hydrogen-bond donors (Lipinski definition) is 2. The summed E-state index contributed by atoms with van der Waals surface area (Å²) in [6.45, 7) is 0. The second kappa shape index (κ2) is 4.26. The van der Waals surface area contributed by atoms with Crippen molar-refractivity contribution in [1.82, 2.24) is 4.98 Å². The van der Waals surface area contributed by atoms with Crippen molar-refractivity contribution in [2.45, 2.75) is 0 Å². The number of phenolic OH excluding ortho intramolecular Hbond substituents is 2. The van der Waals surface area contributed by atoms with Crippen LogP contribution in [-0.2, 0) is 0 Å². The van der Waals surface area contributed by atoms with E-state index in [4.69, 9.17) is 0 Å². The minimum atomic E-state index is 0.114. The van der Waals surface area contributed by atoms with E-state index in [0.29, 0.717) is 10.6 Å². The number of benzene rings is 2. The number of aromatic nitrogens is 1. The predicted octanol–water partition coefficient (Wildman–Crippen LogP) is 4.14. The standard InChI is InChI=1S/C13H8BrNO2S/c14-7-1-3-10-12(5-7)18-13(15-10)9-6-8(16)2-4-11(9)17/h1-6,16-17H. The van der Waals surface area contributed by atoms with Crippen molar-refractivity contribution in [1.29, 1.82) is 0 Å². The molecule has 90 valence electrons. The molecule has 18 heavy (non-hydrogen) atoms. The van der Waals surface area contributed by atoms with Gasteiger partial charge in [0.05, 0.1) is 15.8 Å². The van der Waals surface area contributed by atoms with Crippen LogP contribution in [0.25, 0.3) is 20.8 Å². The summed E-state index contributed by atoms with van der Waals surface area (Å²) in [5, 5.41) is 20.0. The van der Waals surface area contributed by atoms with Crippen LogP contribution in [0.3, 0.4) is 0 Å². The maximum atomic E-state index is 9.81. The smallest absolute Gasteiger partial charge is 0.128 e. The Hall–Kier alpha value is -1.59. The van der Waals surface area contributed by atoms with Gasteiger partial charge in [0.1, 0.15) is 16.5 Å². The summed E-state index contributed by atoms with van der Waals surface area (Å²) >= 11 is 4.89. The number of aromatic hydroxyl groups is 2. The quantitative estimate of drug-likeness (QED) is 0.662. The lowest BCUT2D eigenvalue weighted by Crippen LogP contribution is -1.77. The molecule has 1 aromatic heterocycles. The highest BCUT2D eigenvalue weighted by Gasteiger charge is 2.11. The van der Waals surface area contributed by atoms with Gasteiger partial charge in [-0.15, -0.1) is 11.3 Å². The molecule has 0 saturated carbocycles. The summed E-state index contributed by atoms with van der Waals surface area (Å²) in [6, 6.07) is 10.3. The third-order valence-electron chi connectivity index (χ3n) is 2.56. The fourth-order valence-corrected chi connectivity index (χ4v) is 3.25. The Morgan fingerprint density at radius 2 is 1.89 bits per heavy atom. The molecule has 1 heterocycles. The molecule has 2 N–H and O–H groups in total. The number of fused-ring (bicyclic) bond motifs is 1. The van der Waals surface area contributed by atoms with Crippen molar-refractivity contribution in [2.75, 3.05) is 0 Å². The normalized spacial score (nSPS) is 10.9. The van der Waals surface area contributed by atoms with Crippen LogP contribution in [0.1, 0.15) is 0 Å². The number of rotatable bonds is 1. The molecule has 0 saturated heterocycles. The molecule has 3 rings (SSSR count). The van der Waals surface area contributed by atoms with Gasteiger partial charge in [0.15, 0.2) is 0 Å². The Labute approximate surface area is 115 Å². The van der Waals surface area contributed by atoms with Gasteiger partial charge in [0, 0.05) is 4.47 Å². The summed E-state index contributed by atoms with van der Waals surface area (Å²) in [6.07, 6.45) is 0. The van der Waals surface area contributed by atoms with Gasteiger partial charge in [-0.05, 0) is 36.4 Å². The molecular formula is C13H8BrNO2S. The largest absolute Gasteiger partial charge is 0.508 e. The predicted molar refractivity (Wildman–Crippen MR) is 76.1 cm³/mol. The van der Waals surface area contributed by atoms with Crippen LogP contribution in [0, 0.1) is 0 Å². The van der Waals surface area contributed by atoms with Crippen LogP contribution < -0.4 is 0 Å². The lowest BCUT2D eigenvalue weighted by Gasteiger charge is -2.00. The highest BCUT2D eigenvalue weighted by atomic mass is 79.9. The molecule has 3 aromatic rings. The summed E-state index contributed by atoms with van der Waals surface area (Å²) in [5.74, 6) is 0.231. The average molecular weight is 322 g/mol. The Morgan fingerprint density at radius 1 is 1.06 bits per heavy atom. The molecule has 0 amide bonds. The van der Waals surface area contributed by atoms with Crippen LogP contribution in [0.2, 0.25) is 0 Å². The van der Waals surface area contributed by atoms with Crippen molar-refractivity contribution >= 4 is 37.5 Å². The van der Waals surface area contributed by atoms with Gasteiger partial charge >= 0.3 is 0 Å². The SMILES string of the molecule is Oc1ccc(O)c(-c2nc3ccc(Br)cc3s2)c1. The lowest BCUT2D eigenvalue weighted by atomic mass is 10.2. The number of phenols is 2. The van der Waals surface area contributed by atoms with E-state index in [9.17, 15) is 10.2 Å². The van der Waals surface area contributed by atoms with Gasteiger partial charge in [0.2, 0.25) is 0 Å². The average Bonchev–Trinajstić information content (AvgIpc) is 2.74. The first kappa shape index (κ1) is 11.5. The first-order chi connectivity index (χ1) is 8.63. The second-order valence-electron chi connectivity index (χ2n) is 3.83. The van der Waals surface area contributed by atoms with Crippen LogP contribution in [0.5, 0.6) is 11.5 Å². The Balaban J connectivity index is 2.22. The molecule has 0 atom stereocenters. The molecule has 0 aliphatic heterocycles. The zero-order valence-electron chi connectivity index (χ0n) is 9.09. The molecule has 0 unspecified atom stereocenters. The van der Waals surface area contributed by atoms with E-state index in [-0.39, 0.29) is 11.5 Å². The number of halogens is 1. The van der Waals surface area contributed by atoms with Gasteiger partial charge in [-0.2, -0.15) is 0 Å². The lowest BCUT2D eigenvalue weighted by molar-refractivity contribution is 0.462. The molecule has 5 heteroatoms. The molecule has 0 radical (unpaired) electrons. The molecule has 2 aromatic carbocycles. The molecule has 0 spiro atoms. The van der Waals surface area contributed by atoms with E-state index in [1.807, 2.05) is 18.2 Å². The summed E-state index contributed by atoms with van der Waals surface area (Å²) < 4.78 is 2.02. The second-order valence-corrected chi connectivity index (χ2v) is 5.78. The van der Waals surface area contributed by atoms with Crippen molar-refractivity contribution < 1.29 is 10.2 Å². The highest BCUT2D eigenvalue weighted by Crippen LogP contribution is 2.37. The van der Waals surface area contributed by atoms with Crippen molar-refractivity contribution in [3.05, 3.63) is 40.9 Å². The summed E-state index contributed by atoms with van der Waals surface area (Å²) in [5.41, 5.74) is 1.42. The summed E-state index contributed by atoms with van der Waals surface area (Å²) in [4.78, 5) is 4.45. The fourth-order valence-electron chi connectivity index (χ4n) is 1.71. The first-order valence-corrected chi connectivity index (χ1v) is 6.83. The van der Waals surface area contributed by atoms with Crippen molar-refractivity contribution in [2.24, 2.45) is 0 Å². The summed E-state index contributed by atoms with van der Waals surface area (Å²) in [7, 11) is 0. The van der Waals surface area contributed by atoms with Gasteiger partial charge in [-0.1, -0.05) is 15.9 Å². The maximum Gasteiger partial charge on any atom is 0.128 e. The molecular weight excluding hydrogens is 314 g/mol. The van der Waals surface area contributed by atoms with E-state index < -0.39 is 0 Å². The van der Waals surface area contributed by atoms with Gasteiger partial charge < -0.3 is 10.2 Å². The zero-order chi connectivity index (χ0) is 12.7. The third-order valence-corrected chi connectivity index (χ3v) is 4.11. The fraction of sp³-hybridized carbons (Fsp3) is 0. The molecule has 0 fully saturated rings. The van der Waals surface area contributed by atoms with E-state index in [0.717, 1.165) is 14.7 Å². The van der Waals surface area contributed by atoms with Gasteiger partial charge in [0.25, 0.3) is 0 Å². The first-order valence-electron chi connectivity index (χ1n) is 5.22. The maximum absolute atomic E-state index is 9.81. The molecule has 0 bridgehead atoms.